The molecule has 0 fully saturated rings. The van der Waals surface area contributed by atoms with Crippen molar-refractivity contribution < 1.29 is 17.2 Å². The van der Waals surface area contributed by atoms with Crippen LogP contribution < -0.4 is 0 Å². The summed E-state index contributed by atoms with van der Waals surface area (Å²) >= 11 is 2.90. The van der Waals surface area contributed by atoms with Crippen molar-refractivity contribution in [2.45, 2.75) is 11.4 Å². The van der Waals surface area contributed by atoms with Crippen molar-refractivity contribution in [2.24, 2.45) is 0 Å². The Hall–Kier alpha value is -1.31. The molecular weight excluding hydrogens is 364 g/mol. The van der Waals surface area contributed by atoms with Gasteiger partial charge in [-0.3, -0.25) is 0 Å². The Labute approximate surface area is 130 Å². The highest BCUT2D eigenvalue weighted by molar-refractivity contribution is 9.10. The van der Waals surface area contributed by atoms with Crippen molar-refractivity contribution in [3.05, 3.63) is 64.1 Å². The standard InChI is InChI=1S/C14H12BrF2NO2S/c1-18(9-10-5-3-2-4-6-10)21(19,20)14-12(15)7-11(16)8-13(14)17/h2-8H,9H2,1H3. The molecule has 2 aromatic carbocycles. The van der Waals surface area contributed by atoms with Crippen molar-refractivity contribution >= 4 is 26.0 Å². The predicted octanol–water partition coefficient (Wildman–Crippen LogP) is 3.55. The zero-order chi connectivity index (χ0) is 15.6. The van der Waals surface area contributed by atoms with Crippen LogP contribution in [-0.2, 0) is 16.6 Å². The third-order valence-corrected chi connectivity index (χ3v) is 5.65. The maximum atomic E-state index is 13.8. The minimum atomic E-state index is -4.07. The zero-order valence-electron chi connectivity index (χ0n) is 11.1. The lowest BCUT2D eigenvalue weighted by Gasteiger charge is -2.18. The van der Waals surface area contributed by atoms with Gasteiger partial charge in [-0.2, -0.15) is 4.31 Å². The van der Waals surface area contributed by atoms with Crippen LogP contribution in [0.5, 0.6) is 0 Å². The molecule has 0 atom stereocenters. The number of sulfonamides is 1. The third-order valence-electron chi connectivity index (χ3n) is 2.88. The molecule has 0 saturated carbocycles. The highest BCUT2D eigenvalue weighted by Crippen LogP contribution is 2.29. The van der Waals surface area contributed by atoms with E-state index in [9.17, 15) is 17.2 Å². The van der Waals surface area contributed by atoms with E-state index in [1.54, 1.807) is 24.3 Å². The molecule has 0 heterocycles. The van der Waals surface area contributed by atoms with E-state index in [-0.39, 0.29) is 11.0 Å². The molecule has 0 aliphatic rings. The Morgan fingerprint density at radius 2 is 1.76 bits per heavy atom. The topological polar surface area (TPSA) is 37.4 Å². The molecule has 7 heteroatoms. The van der Waals surface area contributed by atoms with Gasteiger partial charge in [0, 0.05) is 24.1 Å². The highest BCUT2D eigenvalue weighted by atomic mass is 79.9. The van der Waals surface area contributed by atoms with Crippen molar-refractivity contribution in [1.82, 2.24) is 4.31 Å². The van der Waals surface area contributed by atoms with Crippen LogP contribution in [0.25, 0.3) is 0 Å². The number of nitrogens with zero attached hydrogens (tertiary/aromatic N) is 1. The SMILES string of the molecule is CN(Cc1ccccc1)S(=O)(=O)c1c(F)cc(F)cc1Br. The third kappa shape index (κ3) is 3.48. The van der Waals surface area contributed by atoms with Gasteiger partial charge < -0.3 is 0 Å². The van der Waals surface area contributed by atoms with Crippen LogP contribution in [-0.4, -0.2) is 19.8 Å². The molecule has 0 aromatic heterocycles. The second-order valence-electron chi connectivity index (χ2n) is 4.45. The fraction of sp³-hybridized carbons (Fsp3) is 0.143. The molecule has 0 amide bonds. The molecule has 21 heavy (non-hydrogen) atoms. The second-order valence-corrected chi connectivity index (χ2v) is 7.28. The second kappa shape index (κ2) is 6.21. The number of hydrogen-bond donors (Lipinski definition) is 0. The first-order chi connectivity index (χ1) is 9.82. The zero-order valence-corrected chi connectivity index (χ0v) is 13.5. The van der Waals surface area contributed by atoms with E-state index < -0.39 is 26.6 Å². The maximum absolute atomic E-state index is 13.8. The number of benzene rings is 2. The van der Waals surface area contributed by atoms with E-state index in [0.29, 0.717) is 6.07 Å². The molecule has 0 saturated heterocycles. The van der Waals surface area contributed by atoms with E-state index in [4.69, 9.17) is 0 Å². The maximum Gasteiger partial charge on any atom is 0.247 e. The molecule has 0 aliphatic carbocycles. The van der Waals surface area contributed by atoms with Crippen LogP contribution in [0.4, 0.5) is 8.78 Å². The summed E-state index contributed by atoms with van der Waals surface area (Å²) in [6.07, 6.45) is 0. The summed E-state index contributed by atoms with van der Waals surface area (Å²) < 4.78 is 52.6. The van der Waals surface area contributed by atoms with Gasteiger partial charge in [0.05, 0.1) is 0 Å². The average Bonchev–Trinajstić information content (AvgIpc) is 2.38. The molecule has 2 rings (SSSR count). The fourth-order valence-corrected chi connectivity index (χ4v) is 4.12. The number of rotatable bonds is 4. The van der Waals surface area contributed by atoms with Crippen LogP contribution in [0, 0.1) is 11.6 Å². The molecule has 2 aromatic rings. The Morgan fingerprint density at radius 3 is 2.33 bits per heavy atom. The van der Waals surface area contributed by atoms with E-state index in [1.165, 1.54) is 7.05 Å². The molecule has 3 nitrogen and oxygen atoms in total. The summed E-state index contributed by atoms with van der Waals surface area (Å²) in [7, 11) is -2.73. The molecular formula is C14H12BrF2NO2S. The average molecular weight is 376 g/mol. The van der Waals surface area contributed by atoms with E-state index in [0.717, 1.165) is 15.9 Å². The summed E-state index contributed by atoms with van der Waals surface area (Å²) in [4.78, 5) is -0.567. The van der Waals surface area contributed by atoms with Gasteiger partial charge in [-0.05, 0) is 27.6 Å². The van der Waals surface area contributed by atoms with E-state index in [2.05, 4.69) is 15.9 Å². The van der Waals surface area contributed by atoms with Crippen LogP contribution in [0.15, 0.2) is 51.8 Å². The fourth-order valence-electron chi connectivity index (χ4n) is 1.86. The molecule has 0 radical (unpaired) electrons. The van der Waals surface area contributed by atoms with Crippen molar-refractivity contribution in [1.29, 1.82) is 0 Å². The number of hydrogen-bond acceptors (Lipinski definition) is 2. The summed E-state index contributed by atoms with van der Waals surface area (Å²) in [6, 6.07) is 10.4. The first-order valence-corrected chi connectivity index (χ1v) is 8.20. The molecule has 112 valence electrons. The lowest BCUT2D eigenvalue weighted by Crippen LogP contribution is -2.27. The first-order valence-electron chi connectivity index (χ1n) is 5.97. The Kier molecular flexibility index (Phi) is 4.75. The smallest absolute Gasteiger partial charge is 0.207 e. The normalized spacial score (nSPS) is 11.9. The molecule has 0 aliphatic heterocycles. The number of halogens is 3. The molecule has 0 unspecified atom stereocenters. The summed E-state index contributed by atoms with van der Waals surface area (Å²) in [6.45, 7) is 0.0897. The highest BCUT2D eigenvalue weighted by Gasteiger charge is 2.28. The van der Waals surface area contributed by atoms with Crippen molar-refractivity contribution in [2.75, 3.05) is 7.05 Å². The molecule has 0 spiro atoms. The quantitative estimate of drug-likeness (QED) is 0.819. The largest absolute Gasteiger partial charge is 0.247 e. The van der Waals surface area contributed by atoms with Crippen LogP contribution >= 0.6 is 15.9 Å². The van der Waals surface area contributed by atoms with Crippen molar-refractivity contribution in [3.63, 3.8) is 0 Å². The van der Waals surface area contributed by atoms with Gasteiger partial charge in [0.1, 0.15) is 16.5 Å². The minimum Gasteiger partial charge on any atom is -0.207 e. The van der Waals surface area contributed by atoms with Crippen LogP contribution in [0.2, 0.25) is 0 Å². The van der Waals surface area contributed by atoms with Gasteiger partial charge in [0.15, 0.2) is 0 Å². The Morgan fingerprint density at radius 1 is 1.14 bits per heavy atom. The Bertz CT molecular complexity index is 728. The van der Waals surface area contributed by atoms with Crippen molar-refractivity contribution in [3.8, 4) is 0 Å². The van der Waals surface area contributed by atoms with Gasteiger partial charge in [-0.15, -0.1) is 0 Å². The van der Waals surface area contributed by atoms with Gasteiger partial charge in [-0.1, -0.05) is 30.3 Å². The lowest BCUT2D eigenvalue weighted by molar-refractivity contribution is 0.458. The first kappa shape index (κ1) is 16.1. The van der Waals surface area contributed by atoms with E-state index in [1.807, 2.05) is 6.07 Å². The van der Waals surface area contributed by atoms with Gasteiger partial charge >= 0.3 is 0 Å². The monoisotopic (exact) mass is 375 g/mol. The van der Waals surface area contributed by atoms with E-state index >= 15 is 0 Å². The predicted molar refractivity (Wildman–Crippen MR) is 79.2 cm³/mol. The minimum absolute atomic E-state index is 0.0897. The lowest BCUT2D eigenvalue weighted by atomic mass is 10.2. The Balaban J connectivity index is 2.38. The summed E-state index contributed by atoms with van der Waals surface area (Å²) in [5.41, 5.74) is 0.766. The van der Waals surface area contributed by atoms with Crippen LogP contribution in [0.1, 0.15) is 5.56 Å². The van der Waals surface area contributed by atoms with Gasteiger partial charge in [0.2, 0.25) is 10.0 Å². The van der Waals surface area contributed by atoms with Gasteiger partial charge in [-0.25, -0.2) is 17.2 Å². The van der Waals surface area contributed by atoms with Gasteiger partial charge in [0.25, 0.3) is 0 Å². The summed E-state index contributed by atoms with van der Waals surface area (Å²) in [5, 5.41) is 0. The molecule has 0 bridgehead atoms. The van der Waals surface area contributed by atoms with Crippen LogP contribution in [0.3, 0.4) is 0 Å². The molecule has 0 N–H and O–H groups in total. The summed E-state index contributed by atoms with van der Waals surface area (Å²) in [5.74, 6) is -1.97.